The molecule has 0 aromatic carbocycles. The number of anilines is 1. The fraction of sp³-hybridized carbons (Fsp3) is 0.294. The van der Waals surface area contributed by atoms with Crippen LogP contribution in [0.1, 0.15) is 18.7 Å². The van der Waals surface area contributed by atoms with E-state index in [-0.39, 0.29) is 12.8 Å². The zero-order chi connectivity index (χ0) is 16.9. The number of alkyl halides is 1. The molecule has 6 nitrogen and oxygen atoms in total. The highest BCUT2D eigenvalue weighted by atomic mass is 19.1. The third kappa shape index (κ3) is 2.42. The predicted molar refractivity (Wildman–Crippen MR) is 88.2 cm³/mol. The molecule has 1 saturated carbocycles. The number of fused-ring (bicyclic) bond motifs is 1. The lowest BCUT2D eigenvalue weighted by molar-refractivity contribution is -0.122. The number of imidazole rings is 1. The largest absolute Gasteiger partial charge is 0.330 e. The summed E-state index contributed by atoms with van der Waals surface area (Å²) in [6.45, 7) is 1.92. The Morgan fingerprint density at radius 2 is 1.92 bits per heavy atom. The van der Waals surface area contributed by atoms with Crippen LogP contribution >= 0.6 is 0 Å². The first-order chi connectivity index (χ1) is 11.5. The minimum atomic E-state index is -1.72. The van der Waals surface area contributed by atoms with Crippen molar-refractivity contribution in [3.63, 3.8) is 0 Å². The van der Waals surface area contributed by atoms with Crippen molar-refractivity contribution in [3.8, 4) is 11.4 Å². The summed E-state index contributed by atoms with van der Waals surface area (Å²) < 4.78 is 15.7. The second-order valence-electron chi connectivity index (χ2n) is 6.16. The summed E-state index contributed by atoms with van der Waals surface area (Å²) in [4.78, 5) is 24.7. The van der Waals surface area contributed by atoms with E-state index >= 15 is 0 Å². The molecular weight excluding hydrogens is 309 g/mol. The lowest BCUT2D eigenvalue weighted by Gasteiger charge is -2.08. The first-order valence-electron chi connectivity index (χ1n) is 7.71. The lowest BCUT2D eigenvalue weighted by atomic mass is 10.1. The van der Waals surface area contributed by atoms with Crippen molar-refractivity contribution < 1.29 is 9.18 Å². The molecule has 1 aliphatic carbocycles. The Morgan fingerprint density at radius 1 is 1.17 bits per heavy atom. The van der Waals surface area contributed by atoms with Gasteiger partial charge in [0.05, 0.1) is 17.6 Å². The number of nitrogens with one attached hydrogen (secondary N) is 1. The number of hydrogen-bond acceptors (Lipinski definition) is 4. The fourth-order valence-corrected chi connectivity index (χ4v) is 2.55. The van der Waals surface area contributed by atoms with Gasteiger partial charge in [-0.2, -0.15) is 0 Å². The van der Waals surface area contributed by atoms with E-state index in [4.69, 9.17) is 0 Å². The smallest absolute Gasteiger partial charge is 0.263 e. The third-order valence-electron chi connectivity index (χ3n) is 4.42. The van der Waals surface area contributed by atoms with Gasteiger partial charge in [0.1, 0.15) is 11.6 Å². The zero-order valence-corrected chi connectivity index (χ0v) is 13.4. The Bertz CT molecular complexity index is 961. The molecule has 24 heavy (non-hydrogen) atoms. The minimum Gasteiger partial charge on any atom is -0.330 e. The Morgan fingerprint density at radius 3 is 2.58 bits per heavy atom. The Hall–Kier alpha value is -2.83. The lowest BCUT2D eigenvalue weighted by Crippen LogP contribution is -2.25. The number of pyridine rings is 2. The number of nitrogens with zero attached hydrogens (tertiary/aromatic N) is 4. The van der Waals surface area contributed by atoms with E-state index in [1.165, 1.54) is 0 Å². The Kier molecular flexibility index (Phi) is 3.13. The molecule has 3 aromatic heterocycles. The summed E-state index contributed by atoms with van der Waals surface area (Å²) in [5, 5.41) is 4.26. The minimum absolute atomic E-state index is 0.278. The van der Waals surface area contributed by atoms with Crippen molar-refractivity contribution in [2.75, 3.05) is 5.32 Å². The highest BCUT2D eigenvalue weighted by Gasteiger charge is 2.50. The maximum absolute atomic E-state index is 13.8. The molecule has 3 aromatic rings. The van der Waals surface area contributed by atoms with Crippen LogP contribution in [0.25, 0.3) is 22.2 Å². The highest BCUT2D eigenvalue weighted by molar-refractivity contribution is 5.99. The van der Waals surface area contributed by atoms with E-state index in [9.17, 15) is 9.18 Å². The molecule has 0 aliphatic heterocycles. The molecule has 0 saturated heterocycles. The SMILES string of the molecule is Cc1ncc(-c2cc3cc(NC(=O)C4(F)CC4)ncc3cn2)n1C. The molecule has 0 radical (unpaired) electrons. The van der Waals surface area contributed by atoms with E-state index in [1.54, 1.807) is 24.7 Å². The molecule has 0 bridgehead atoms. The van der Waals surface area contributed by atoms with Gasteiger partial charge >= 0.3 is 0 Å². The average Bonchev–Trinajstić information content (AvgIpc) is 3.24. The van der Waals surface area contributed by atoms with Crippen molar-refractivity contribution >= 4 is 22.5 Å². The van der Waals surface area contributed by atoms with Gasteiger partial charge in [-0.15, -0.1) is 0 Å². The van der Waals surface area contributed by atoms with E-state index in [1.807, 2.05) is 24.6 Å². The normalized spacial score (nSPS) is 15.5. The molecule has 4 rings (SSSR count). The van der Waals surface area contributed by atoms with Gasteiger partial charge < -0.3 is 9.88 Å². The summed E-state index contributed by atoms with van der Waals surface area (Å²) >= 11 is 0. The van der Waals surface area contributed by atoms with Crippen molar-refractivity contribution in [1.29, 1.82) is 0 Å². The van der Waals surface area contributed by atoms with Crippen LogP contribution in [0.15, 0.2) is 30.7 Å². The van der Waals surface area contributed by atoms with Gasteiger partial charge in [0.25, 0.3) is 5.91 Å². The van der Waals surface area contributed by atoms with Gasteiger partial charge in [-0.1, -0.05) is 0 Å². The predicted octanol–water partition coefficient (Wildman–Crippen LogP) is 2.78. The summed E-state index contributed by atoms with van der Waals surface area (Å²) in [5.74, 6) is 0.618. The highest BCUT2D eigenvalue weighted by Crippen LogP contribution is 2.40. The van der Waals surface area contributed by atoms with Crippen LogP contribution in [-0.2, 0) is 11.8 Å². The number of halogens is 1. The second-order valence-corrected chi connectivity index (χ2v) is 6.16. The second kappa shape index (κ2) is 5.09. The van der Waals surface area contributed by atoms with Gasteiger partial charge in [0, 0.05) is 24.8 Å². The average molecular weight is 325 g/mol. The number of carbonyl (C=O) groups is 1. The van der Waals surface area contributed by atoms with Crippen molar-refractivity contribution in [2.45, 2.75) is 25.4 Å². The van der Waals surface area contributed by atoms with Gasteiger partial charge in [0.15, 0.2) is 5.67 Å². The number of hydrogen-bond donors (Lipinski definition) is 1. The summed E-state index contributed by atoms with van der Waals surface area (Å²) in [6, 6.07) is 3.64. The molecule has 1 fully saturated rings. The third-order valence-corrected chi connectivity index (χ3v) is 4.42. The monoisotopic (exact) mass is 325 g/mol. The van der Waals surface area contributed by atoms with Crippen LogP contribution in [0.5, 0.6) is 0 Å². The van der Waals surface area contributed by atoms with Crippen molar-refractivity contribution in [1.82, 2.24) is 19.5 Å². The quantitative estimate of drug-likeness (QED) is 0.803. The molecule has 1 N–H and O–H groups in total. The van der Waals surface area contributed by atoms with Crippen LogP contribution in [0.4, 0.5) is 10.2 Å². The number of aromatic nitrogens is 4. The van der Waals surface area contributed by atoms with Crippen LogP contribution in [0.2, 0.25) is 0 Å². The van der Waals surface area contributed by atoms with E-state index in [2.05, 4.69) is 20.3 Å². The van der Waals surface area contributed by atoms with Gasteiger partial charge in [-0.05, 0) is 37.3 Å². The number of carbonyl (C=O) groups excluding carboxylic acids is 1. The standard InChI is InChI=1S/C17H16FN5O/c1-10-19-9-14(23(10)2)13-5-11-6-15(21-8-12(11)7-20-13)22-16(24)17(18)3-4-17/h5-9H,3-4H2,1-2H3,(H,21,22,24). The Balaban J connectivity index is 1.70. The van der Waals surface area contributed by atoms with Gasteiger partial charge in [0.2, 0.25) is 0 Å². The molecule has 122 valence electrons. The molecule has 1 amide bonds. The maximum Gasteiger partial charge on any atom is 0.263 e. The number of rotatable bonds is 3. The first kappa shape index (κ1) is 14.7. The van der Waals surface area contributed by atoms with Gasteiger partial charge in [-0.3, -0.25) is 9.78 Å². The fourth-order valence-electron chi connectivity index (χ4n) is 2.55. The van der Waals surface area contributed by atoms with Gasteiger partial charge in [-0.25, -0.2) is 14.4 Å². The summed E-state index contributed by atoms with van der Waals surface area (Å²) in [7, 11) is 1.93. The van der Waals surface area contributed by atoms with Crippen LogP contribution < -0.4 is 5.32 Å². The topological polar surface area (TPSA) is 72.7 Å². The molecule has 0 spiro atoms. The molecule has 0 unspecified atom stereocenters. The molecular formula is C17H16FN5O. The Labute approximate surface area is 137 Å². The summed E-state index contributed by atoms with van der Waals surface area (Å²) in [6.07, 6.45) is 5.67. The van der Waals surface area contributed by atoms with Crippen LogP contribution in [0.3, 0.4) is 0 Å². The molecule has 0 atom stereocenters. The van der Waals surface area contributed by atoms with Crippen molar-refractivity contribution in [2.24, 2.45) is 7.05 Å². The van der Waals surface area contributed by atoms with E-state index in [0.29, 0.717) is 5.82 Å². The van der Waals surface area contributed by atoms with E-state index in [0.717, 1.165) is 28.0 Å². The molecule has 1 aliphatic rings. The van der Waals surface area contributed by atoms with Crippen molar-refractivity contribution in [3.05, 3.63) is 36.5 Å². The maximum atomic E-state index is 13.8. The number of aryl methyl sites for hydroxylation is 1. The molecule has 7 heteroatoms. The summed E-state index contributed by atoms with van der Waals surface area (Å²) in [5.41, 5.74) is -0.0394. The molecule has 3 heterocycles. The zero-order valence-electron chi connectivity index (χ0n) is 13.4. The van der Waals surface area contributed by atoms with E-state index < -0.39 is 11.6 Å². The van der Waals surface area contributed by atoms with Crippen LogP contribution in [-0.4, -0.2) is 31.1 Å². The number of amides is 1. The first-order valence-corrected chi connectivity index (χ1v) is 7.71. The van der Waals surface area contributed by atoms with Crippen LogP contribution in [0, 0.1) is 6.92 Å².